The summed E-state index contributed by atoms with van der Waals surface area (Å²) < 4.78 is 16.3. The third-order valence-corrected chi connectivity index (χ3v) is 2.78. The van der Waals surface area contributed by atoms with Gasteiger partial charge in [-0.15, -0.1) is 0 Å². The normalized spacial score (nSPS) is 10.8. The van der Waals surface area contributed by atoms with Crippen LogP contribution in [0.1, 0.15) is 19.4 Å². The number of hydrogen-bond acceptors (Lipinski definition) is 4. The summed E-state index contributed by atoms with van der Waals surface area (Å²) in [6.07, 6.45) is 0.945. The predicted molar refractivity (Wildman–Crippen MR) is 77.3 cm³/mol. The molecule has 0 saturated carbocycles. The van der Waals surface area contributed by atoms with Crippen LogP contribution in [0.5, 0.6) is 11.5 Å². The van der Waals surface area contributed by atoms with Crippen LogP contribution in [-0.2, 0) is 11.2 Å². The van der Waals surface area contributed by atoms with E-state index >= 15 is 0 Å². The Hall–Kier alpha value is -0.970. The highest BCUT2D eigenvalue weighted by Gasteiger charge is 2.12. The molecule has 5 heteroatoms. The van der Waals surface area contributed by atoms with Crippen molar-refractivity contribution in [1.82, 2.24) is 0 Å². The SMILES string of the molecule is COc1cc(CCN)cc(Cl)c1OCCOC(C)C. The van der Waals surface area contributed by atoms with Gasteiger partial charge in [-0.3, -0.25) is 0 Å². The maximum atomic E-state index is 6.20. The highest BCUT2D eigenvalue weighted by molar-refractivity contribution is 6.32. The summed E-state index contributed by atoms with van der Waals surface area (Å²) in [6.45, 7) is 5.48. The molecular formula is C14H22ClNO3. The van der Waals surface area contributed by atoms with Crippen molar-refractivity contribution in [3.05, 3.63) is 22.7 Å². The molecular weight excluding hydrogens is 266 g/mol. The summed E-state index contributed by atoms with van der Waals surface area (Å²) in [6, 6.07) is 3.76. The van der Waals surface area contributed by atoms with Crippen LogP contribution in [-0.4, -0.2) is 33.0 Å². The van der Waals surface area contributed by atoms with Gasteiger partial charge in [0, 0.05) is 0 Å². The molecule has 0 amide bonds. The Kier molecular flexibility index (Phi) is 6.99. The molecule has 0 fully saturated rings. The highest BCUT2D eigenvalue weighted by atomic mass is 35.5. The van der Waals surface area contributed by atoms with Gasteiger partial charge in [0.05, 0.1) is 24.8 Å². The molecule has 2 N–H and O–H groups in total. The zero-order valence-electron chi connectivity index (χ0n) is 11.7. The Morgan fingerprint density at radius 3 is 2.58 bits per heavy atom. The van der Waals surface area contributed by atoms with Crippen molar-refractivity contribution in [2.75, 3.05) is 26.9 Å². The maximum Gasteiger partial charge on any atom is 0.179 e. The van der Waals surface area contributed by atoms with Crippen LogP contribution in [0.25, 0.3) is 0 Å². The average Bonchev–Trinajstić information content (AvgIpc) is 2.36. The topological polar surface area (TPSA) is 53.7 Å². The number of rotatable bonds is 8. The van der Waals surface area contributed by atoms with Gasteiger partial charge in [0.25, 0.3) is 0 Å². The van der Waals surface area contributed by atoms with E-state index in [1.807, 2.05) is 26.0 Å². The minimum Gasteiger partial charge on any atom is -0.493 e. The zero-order chi connectivity index (χ0) is 14.3. The number of benzene rings is 1. The standard InChI is InChI=1S/C14H22ClNO3/c1-10(2)18-6-7-19-14-12(15)8-11(4-5-16)9-13(14)17-3/h8-10H,4-7,16H2,1-3H3. The molecule has 0 heterocycles. The van der Waals surface area contributed by atoms with E-state index in [1.54, 1.807) is 7.11 Å². The maximum absolute atomic E-state index is 6.20. The first kappa shape index (κ1) is 16.1. The molecule has 0 bridgehead atoms. The second-order valence-electron chi connectivity index (χ2n) is 4.42. The van der Waals surface area contributed by atoms with Gasteiger partial charge in [0.15, 0.2) is 11.5 Å². The van der Waals surface area contributed by atoms with Crippen molar-refractivity contribution in [2.24, 2.45) is 5.73 Å². The monoisotopic (exact) mass is 287 g/mol. The molecule has 19 heavy (non-hydrogen) atoms. The molecule has 1 aromatic carbocycles. The van der Waals surface area contributed by atoms with Gasteiger partial charge >= 0.3 is 0 Å². The third-order valence-electron chi connectivity index (χ3n) is 2.50. The van der Waals surface area contributed by atoms with Crippen LogP contribution >= 0.6 is 11.6 Å². The van der Waals surface area contributed by atoms with Gasteiger partial charge in [-0.2, -0.15) is 0 Å². The van der Waals surface area contributed by atoms with Gasteiger partial charge in [-0.1, -0.05) is 11.6 Å². The Balaban J connectivity index is 2.70. The third kappa shape index (κ3) is 5.27. The Labute approximate surface area is 119 Å². The van der Waals surface area contributed by atoms with E-state index in [0.29, 0.717) is 36.3 Å². The van der Waals surface area contributed by atoms with Crippen LogP contribution in [0.15, 0.2) is 12.1 Å². The lowest BCUT2D eigenvalue weighted by atomic mass is 10.1. The first-order valence-corrected chi connectivity index (χ1v) is 6.77. The molecule has 108 valence electrons. The molecule has 0 aliphatic heterocycles. The fourth-order valence-corrected chi connectivity index (χ4v) is 1.94. The smallest absolute Gasteiger partial charge is 0.179 e. The molecule has 0 spiro atoms. The lowest BCUT2D eigenvalue weighted by Gasteiger charge is -2.14. The summed E-state index contributed by atoms with van der Waals surface area (Å²) in [5.41, 5.74) is 6.57. The second kappa shape index (κ2) is 8.25. The Morgan fingerprint density at radius 2 is 2.00 bits per heavy atom. The van der Waals surface area contributed by atoms with Crippen molar-refractivity contribution in [2.45, 2.75) is 26.4 Å². The van der Waals surface area contributed by atoms with E-state index in [-0.39, 0.29) is 6.10 Å². The highest BCUT2D eigenvalue weighted by Crippen LogP contribution is 2.36. The lowest BCUT2D eigenvalue weighted by molar-refractivity contribution is 0.0547. The minimum atomic E-state index is 0.188. The van der Waals surface area contributed by atoms with Crippen molar-refractivity contribution >= 4 is 11.6 Å². The van der Waals surface area contributed by atoms with Gasteiger partial charge in [0.1, 0.15) is 6.61 Å². The molecule has 1 aromatic rings. The summed E-state index contributed by atoms with van der Waals surface area (Å²) in [5, 5.41) is 0.535. The number of methoxy groups -OCH3 is 1. The first-order valence-electron chi connectivity index (χ1n) is 6.39. The van der Waals surface area contributed by atoms with E-state index in [9.17, 15) is 0 Å². The van der Waals surface area contributed by atoms with Crippen LogP contribution < -0.4 is 15.2 Å². The fraction of sp³-hybridized carbons (Fsp3) is 0.571. The summed E-state index contributed by atoms with van der Waals surface area (Å²) in [7, 11) is 1.59. The fourth-order valence-electron chi connectivity index (χ4n) is 1.65. The number of ether oxygens (including phenoxy) is 3. The second-order valence-corrected chi connectivity index (χ2v) is 4.82. The molecule has 1 rings (SSSR count). The molecule has 0 radical (unpaired) electrons. The zero-order valence-corrected chi connectivity index (χ0v) is 12.5. The number of hydrogen-bond donors (Lipinski definition) is 1. The first-order chi connectivity index (χ1) is 9.08. The van der Waals surface area contributed by atoms with Crippen molar-refractivity contribution in [3.63, 3.8) is 0 Å². The van der Waals surface area contributed by atoms with Gasteiger partial charge < -0.3 is 19.9 Å². The molecule has 0 saturated heterocycles. The van der Waals surface area contributed by atoms with E-state index in [0.717, 1.165) is 12.0 Å². The largest absolute Gasteiger partial charge is 0.493 e. The minimum absolute atomic E-state index is 0.188. The van der Waals surface area contributed by atoms with Gasteiger partial charge in [-0.05, 0) is 44.5 Å². The van der Waals surface area contributed by atoms with Crippen LogP contribution in [0.4, 0.5) is 0 Å². The van der Waals surface area contributed by atoms with E-state index in [4.69, 9.17) is 31.5 Å². The molecule has 0 atom stereocenters. The van der Waals surface area contributed by atoms with Gasteiger partial charge in [-0.25, -0.2) is 0 Å². The van der Waals surface area contributed by atoms with Crippen LogP contribution in [0.3, 0.4) is 0 Å². The van der Waals surface area contributed by atoms with E-state index in [1.165, 1.54) is 0 Å². The summed E-state index contributed by atoms with van der Waals surface area (Å²) in [5.74, 6) is 1.18. The molecule has 0 aromatic heterocycles. The quantitative estimate of drug-likeness (QED) is 0.747. The molecule has 4 nitrogen and oxygen atoms in total. The van der Waals surface area contributed by atoms with Crippen molar-refractivity contribution in [1.29, 1.82) is 0 Å². The molecule has 0 unspecified atom stereocenters. The molecule has 0 aliphatic carbocycles. The molecule has 0 aliphatic rings. The van der Waals surface area contributed by atoms with Crippen LogP contribution in [0.2, 0.25) is 5.02 Å². The summed E-state index contributed by atoms with van der Waals surface area (Å²) >= 11 is 6.20. The van der Waals surface area contributed by atoms with E-state index in [2.05, 4.69) is 0 Å². The van der Waals surface area contributed by atoms with Crippen LogP contribution in [0, 0.1) is 0 Å². The number of nitrogens with two attached hydrogens (primary N) is 1. The lowest BCUT2D eigenvalue weighted by Crippen LogP contribution is -2.12. The van der Waals surface area contributed by atoms with Crippen molar-refractivity contribution < 1.29 is 14.2 Å². The Morgan fingerprint density at radius 1 is 1.26 bits per heavy atom. The predicted octanol–water partition coefficient (Wildman–Crippen LogP) is 2.65. The van der Waals surface area contributed by atoms with Gasteiger partial charge in [0.2, 0.25) is 0 Å². The average molecular weight is 288 g/mol. The summed E-state index contributed by atoms with van der Waals surface area (Å²) in [4.78, 5) is 0. The number of halogens is 1. The Bertz CT molecular complexity index is 397. The van der Waals surface area contributed by atoms with E-state index < -0.39 is 0 Å². The van der Waals surface area contributed by atoms with Crippen molar-refractivity contribution in [3.8, 4) is 11.5 Å².